The van der Waals surface area contributed by atoms with Crippen LogP contribution in [0.3, 0.4) is 0 Å². The Hall–Kier alpha value is -3.48. The smallest absolute Gasteiger partial charge is 0.265 e. The van der Waals surface area contributed by atoms with Crippen LogP contribution in [0.1, 0.15) is 30.7 Å². The van der Waals surface area contributed by atoms with Crippen molar-refractivity contribution in [3.8, 4) is 11.5 Å². The maximum atomic E-state index is 12.9. The molecule has 0 unspecified atom stereocenters. The van der Waals surface area contributed by atoms with E-state index < -0.39 is 0 Å². The number of H-pyrrole nitrogens is 1. The predicted octanol–water partition coefficient (Wildman–Crippen LogP) is 3.70. The highest BCUT2D eigenvalue weighted by molar-refractivity contribution is 5.98. The first-order chi connectivity index (χ1) is 15.6. The number of nitrogens with one attached hydrogen (secondary N) is 1. The molecule has 0 bridgehead atoms. The lowest BCUT2D eigenvalue weighted by Crippen LogP contribution is -2.43. The van der Waals surface area contributed by atoms with Crippen molar-refractivity contribution >= 4 is 28.4 Å². The van der Waals surface area contributed by atoms with Crippen molar-refractivity contribution in [1.29, 1.82) is 0 Å². The van der Waals surface area contributed by atoms with E-state index in [4.69, 9.17) is 9.47 Å². The highest BCUT2D eigenvalue weighted by atomic mass is 16.5. The number of benzene rings is 2. The van der Waals surface area contributed by atoms with Gasteiger partial charge in [-0.25, -0.2) is 0 Å². The third-order valence-electron chi connectivity index (χ3n) is 6.57. The highest BCUT2D eigenvalue weighted by Crippen LogP contribution is 2.35. The Labute approximate surface area is 186 Å². The Morgan fingerprint density at radius 3 is 2.81 bits per heavy atom. The monoisotopic (exact) mass is 433 g/mol. The number of para-hydroxylation sites is 2. The molecule has 2 amide bonds. The molecule has 1 saturated heterocycles. The Morgan fingerprint density at radius 2 is 2.00 bits per heavy atom. The summed E-state index contributed by atoms with van der Waals surface area (Å²) in [7, 11) is 1.68. The zero-order chi connectivity index (χ0) is 22.1. The zero-order valence-corrected chi connectivity index (χ0v) is 18.2. The number of nitrogens with zero attached hydrogens (tertiary/aromatic N) is 2. The van der Waals surface area contributed by atoms with Gasteiger partial charge in [-0.1, -0.05) is 12.1 Å². The normalized spacial score (nSPS) is 16.7. The first-order valence-corrected chi connectivity index (χ1v) is 11.1. The van der Waals surface area contributed by atoms with E-state index in [1.165, 1.54) is 10.9 Å². The molecule has 1 fully saturated rings. The predicted molar refractivity (Wildman–Crippen MR) is 122 cm³/mol. The van der Waals surface area contributed by atoms with Crippen molar-refractivity contribution in [2.75, 3.05) is 38.3 Å². The fraction of sp³-hybridized carbons (Fsp3) is 0.360. The van der Waals surface area contributed by atoms with Gasteiger partial charge in [-0.3, -0.25) is 9.59 Å². The van der Waals surface area contributed by atoms with E-state index in [2.05, 4.69) is 17.2 Å². The second-order valence-electron chi connectivity index (χ2n) is 8.36. The molecule has 0 saturated carbocycles. The summed E-state index contributed by atoms with van der Waals surface area (Å²) in [5, 5.41) is 1.19. The number of hydrogen-bond acceptors (Lipinski definition) is 4. The van der Waals surface area contributed by atoms with Crippen LogP contribution in [0.2, 0.25) is 0 Å². The molecule has 2 aliphatic heterocycles. The molecular weight excluding hydrogens is 406 g/mol. The van der Waals surface area contributed by atoms with Crippen molar-refractivity contribution in [3.63, 3.8) is 0 Å². The van der Waals surface area contributed by atoms with Gasteiger partial charge in [0.2, 0.25) is 5.91 Å². The number of aromatic amines is 1. The molecule has 1 aromatic heterocycles. The van der Waals surface area contributed by atoms with Crippen molar-refractivity contribution in [3.05, 3.63) is 54.2 Å². The van der Waals surface area contributed by atoms with Gasteiger partial charge in [0.1, 0.15) is 11.5 Å². The van der Waals surface area contributed by atoms with Crippen LogP contribution >= 0.6 is 0 Å². The van der Waals surface area contributed by atoms with Crippen LogP contribution in [-0.2, 0) is 9.59 Å². The molecule has 3 aromatic rings. The average Bonchev–Trinajstić information content (AvgIpc) is 3.26. The number of methoxy groups -OCH3 is 1. The Kier molecular flexibility index (Phi) is 5.47. The number of aromatic nitrogens is 1. The molecule has 3 heterocycles. The topological polar surface area (TPSA) is 74.9 Å². The maximum absolute atomic E-state index is 12.9. The fourth-order valence-electron chi connectivity index (χ4n) is 4.79. The van der Waals surface area contributed by atoms with E-state index >= 15 is 0 Å². The van der Waals surface area contributed by atoms with Crippen LogP contribution in [-0.4, -0.2) is 55.0 Å². The summed E-state index contributed by atoms with van der Waals surface area (Å²) in [6.45, 7) is 1.85. The molecular formula is C25H27N3O4. The van der Waals surface area contributed by atoms with Crippen LogP contribution in [0.4, 0.5) is 5.69 Å². The number of amides is 2. The van der Waals surface area contributed by atoms with Gasteiger partial charge in [0.05, 0.1) is 12.8 Å². The van der Waals surface area contributed by atoms with Crippen LogP contribution in [0.25, 0.3) is 10.9 Å². The lowest BCUT2D eigenvalue weighted by molar-refractivity contribution is -0.132. The van der Waals surface area contributed by atoms with E-state index in [0.29, 0.717) is 24.6 Å². The minimum atomic E-state index is -0.107. The number of carbonyl (C=O) groups excluding carboxylic acids is 2. The molecule has 32 heavy (non-hydrogen) atoms. The van der Waals surface area contributed by atoms with Gasteiger partial charge in [-0.2, -0.15) is 0 Å². The third kappa shape index (κ3) is 3.79. The number of piperidine rings is 1. The van der Waals surface area contributed by atoms with Gasteiger partial charge in [0.15, 0.2) is 6.61 Å². The average molecular weight is 434 g/mol. The number of carbonyl (C=O) groups is 2. The summed E-state index contributed by atoms with van der Waals surface area (Å²) >= 11 is 0. The number of fused-ring (bicyclic) bond motifs is 2. The summed E-state index contributed by atoms with van der Waals surface area (Å²) in [6, 6.07) is 13.5. The fourth-order valence-corrected chi connectivity index (χ4v) is 4.79. The molecule has 7 heteroatoms. The lowest BCUT2D eigenvalue weighted by Gasteiger charge is -2.33. The quantitative estimate of drug-likeness (QED) is 0.666. The summed E-state index contributed by atoms with van der Waals surface area (Å²) in [6.07, 6.45) is 4.26. The van der Waals surface area contributed by atoms with Gasteiger partial charge < -0.3 is 24.3 Å². The molecule has 0 atom stereocenters. The van der Waals surface area contributed by atoms with Crippen molar-refractivity contribution < 1.29 is 19.1 Å². The summed E-state index contributed by atoms with van der Waals surface area (Å²) in [5.41, 5.74) is 3.14. The minimum absolute atomic E-state index is 0.0198. The molecule has 0 aliphatic carbocycles. The Morgan fingerprint density at radius 1 is 1.19 bits per heavy atom. The number of hydrogen-bond donors (Lipinski definition) is 1. The first-order valence-electron chi connectivity index (χ1n) is 11.1. The molecule has 2 aromatic carbocycles. The van der Waals surface area contributed by atoms with Crippen LogP contribution in [0.15, 0.2) is 48.7 Å². The lowest BCUT2D eigenvalue weighted by atomic mass is 9.89. The van der Waals surface area contributed by atoms with Gasteiger partial charge in [-0.15, -0.1) is 0 Å². The van der Waals surface area contributed by atoms with Gasteiger partial charge >= 0.3 is 0 Å². The second kappa shape index (κ2) is 8.57. The van der Waals surface area contributed by atoms with Gasteiger partial charge in [-0.05, 0) is 54.7 Å². The van der Waals surface area contributed by atoms with Crippen molar-refractivity contribution in [2.45, 2.75) is 25.2 Å². The van der Waals surface area contributed by atoms with E-state index in [9.17, 15) is 9.59 Å². The number of anilines is 1. The first kappa shape index (κ1) is 20.4. The second-order valence-corrected chi connectivity index (χ2v) is 8.36. The van der Waals surface area contributed by atoms with E-state index in [-0.39, 0.29) is 18.4 Å². The van der Waals surface area contributed by atoms with E-state index in [1.54, 1.807) is 12.0 Å². The Balaban J connectivity index is 1.20. The van der Waals surface area contributed by atoms with Gasteiger partial charge in [0, 0.05) is 43.2 Å². The van der Waals surface area contributed by atoms with E-state index in [1.807, 2.05) is 41.3 Å². The zero-order valence-electron chi connectivity index (χ0n) is 18.2. The number of ether oxygens (including phenoxy) is 2. The third-order valence-corrected chi connectivity index (χ3v) is 6.57. The molecule has 0 radical (unpaired) electrons. The molecule has 5 rings (SSSR count). The summed E-state index contributed by atoms with van der Waals surface area (Å²) in [4.78, 5) is 32.2. The van der Waals surface area contributed by atoms with Crippen molar-refractivity contribution in [2.24, 2.45) is 0 Å². The standard InChI is InChI=1S/C25H27N3O4/c1-31-18-6-7-21-19(14-18)20(15-26-21)17-8-11-27(12-9-17)24(29)10-13-28-22-4-2-3-5-23(22)32-16-25(28)30/h2-7,14-15,17,26H,8-13,16H2,1H3. The van der Waals surface area contributed by atoms with E-state index in [0.717, 1.165) is 42.9 Å². The molecule has 166 valence electrons. The molecule has 1 N–H and O–H groups in total. The largest absolute Gasteiger partial charge is 0.497 e. The Bertz CT molecular complexity index is 1150. The number of likely N-dealkylation sites (tertiary alicyclic amines) is 1. The molecule has 7 nitrogen and oxygen atoms in total. The SMILES string of the molecule is COc1ccc2[nH]cc(C3CCN(C(=O)CCN4C(=O)COc5ccccc54)CC3)c2c1. The van der Waals surface area contributed by atoms with Crippen LogP contribution in [0.5, 0.6) is 11.5 Å². The maximum Gasteiger partial charge on any atom is 0.265 e. The summed E-state index contributed by atoms with van der Waals surface area (Å²) < 4.78 is 10.9. The minimum Gasteiger partial charge on any atom is -0.497 e. The highest BCUT2D eigenvalue weighted by Gasteiger charge is 2.28. The number of rotatable bonds is 5. The summed E-state index contributed by atoms with van der Waals surface area (Å²) in [5.74, 6) is 1.94. The van der Waals surface area contributed by atoms with Crippen LogP contribution in [0, 0.1) is 0 Å². The van der Waals surface area contributed by atoms with Crippen molar-refractivity contribution in [1.82, 2.24) is 9.88 Å². The van der Waals surface area contributed by atoms with Crippen LogP contribution < -0.4 is 14.4 Å². The molecule has 2 aliphatic rings. The molecule has 0 spiro atoms. The van der Waals surface area contributed by atoms with Gasteiger partial charge in [0.25, 0.3) is 5.91 Å².